The molecule has 28 heavy (non-hydrogen) atoms. The Kier molecular flexibility index (Phi) is 7.82. The van der Waals surface area contributed by atoms with Crippen LogP contribution in [0, 0.1) is 11.8 Å². The lowest BCUT2D eigenvalue weighted by Gasteiger charge is -2.30. The Balaban J connectivity index is 1.95. The minimum atomic E-state index is -3.64. The van der Waals surface area contributed by atoms with Gasteiger partial charge in [0.05, 0.1) is 17.4 Å². The minimum absolute atomic E-state index is 0.162. The molecular formula is C19H29N3O5S. The predicted molar refractivity (Wildman–Crippen MR) is 106 cm³/mol. The minimum Gasteiger partial charge on any atom is -0.466 e. The fourth-order valence-electron chi connectivity index (χ4n) is 2.92. The SMILES string of the molecule is CCOC(=O)C1CCN(S(=O)(=O)c2ccc(NC(=O)NCC(C)C)cc2)CC1. The van der Waals surface area contributed by atoms with Crippen molar-refractivity contribution in [1.29, 1.82) is 0 Å². The Labute approximate surface area is 166 Å². The van der Waals surface area contributed by atoms with E-state index in [1.807, 2.05) is 13.8 Å². The molecule has 1 aromatic carbocycles. The lowest BCUT2D eigenvalue weighted by atomic mass is 9.98. The highest BCUT2D eigenvalue weighted by molar-refractivity contribution is 7.89. The number of carbonyl (C=O) groups excluding carboxylic acids is 2. The topological polar surface area (TPSA) is 105 Å². The van der Waals surface area contributed by atoms with Gasteiger partial charge in [0.1, 0.15) is 0 Å². The third kappa shape index (κ3) is 5.93. The van der Waals surface area contributed by atoms with Crippen LogP contribution in [0.1, 0.15) is 33.6 Å². The van der Waals surface area contributed by atoms with Gasteiger partial charge in [0.15, 0.2) is 0 Å². The molecule has 8 nitrogen and oxygen atoms in total. The number of nitrogens with zero attached hydrogens (tertiary/aromatic N) is 1. The molecule has 156 valence electrons. The van der Waals surface area contributed by atoms with Crippen LogP contribution < -0.4 is 10.6 Å². The Hall–Kier alpha value is -2.13. The summed E-state index contributed by atoms with van der Waals surface area (Å²) in [6.07, 6.45) is 0.904. The lowest BCUT2D eigenvalue weighted by Crippen LogP contribution is -2.40. The van der Waals surface area contributed by atoms with Gasteiger partial charge >= 0.3 is 12.0 Å². The van der Waals surface area contributed by atoms with E-state index in [0.29, 0.717) is 37.6 Å². The number of ether oxygens (including phenoxy) is 1. The van der Waals surface area contributed by atoms with Gasteiger partial charge in [-0.15, -0.1) is 0 Å². The summed E-state index contributed by atoms with van der Waals surface area (Å²) >= 11 is 0. The number of anilines is 1. The van der Waals surface area contributed by atoms with Crippen LogP contribution in [0.2, 0.25) is 0 Å². The molecule has 2 rings (SSSR count). The fourth-order valence-corrected chi connectivity index (χ4v) is 4.39. The second-order valence-corrected chi connectivity index (χ2v) is 9.12. The number of nitrogens with one attached hydrogen (secondary N) is 2. The van der Waals surface area contributed by atoms with Gasteiger partial charge in [-0.1, -0.05) is 13.8 Å². The van der Waals surface area contributed by atoms with Crippen molar-refractivity contribution < 1.29 is 22.7 Å². The maximum Gasteiger partial charge on any atom is 0.319 e. The molecule has 0 aliphatic carbocycles. The molecule has 0 spiro atoms. The van der Waals surface area contributed by atoms with E-state index in [-0.39, 0.29) is 35.9 Å². The zero-order valence-corrected chi connectivity index (χ0v) is 17.4. The van der Waals surface area contributed by atoms with E-state index in [9.17, 15) is 18.0 Å². The first kappa shape index (κ1) is 22.2. The summed E-state index contributed by atoms with van der Waals surface area (Å²) in [5, 5.41) is 5.41. The second-order valence-electron chi connectivity index (χ2n) is 7.18. The van der Waals surface area contributed by atoms with Crippen molar-refractivity contribution in [2.24, 2.45) is 11.8 Å². The third-order valence-corrected chi connectivity index (χ3v) is 6.41. The van der Waals surface area contributed by atoms with Gasteiger partial charge in [0, 0.05) is 25.3 Å². The standard InChI is InChI=1S/C19H29N3O5S/c1-4-27-18(23)15-9-11-22(12-10-15)28(25,26)17-7-5-16(6-8-17)21-19(24)20-13-14(2)3/h5-8,14-15H,4,9-13H2,1-3H3,(H2,20,21,24). The van der Waals surface area contributed by atoms with E-state index in [1.165, 1.54) is 16.4 Å². The highest BCUT2D eigenvalue weighted by Gasteiger charge is 2.32. The number of sulfonamides is 1. The first-order valence-electron chi connectivity index (χ1n) is 9.55. The monoisotopic (exact) mass is 411 g/mol. The van der Waals surface area contributed by atoms with E-state index >= 15 is 0 Å². The van der Waals surface area contributed by atoms with Crippen molar-refractivity contribution >= 4 is 27.7 Å². The molecule has 1 aliphatic rings. The van der Waals surface area contributed by atoms with Crippen LogP contribution in [-0.4, -0.2) is 51.0 Å². The zero-order chi connectivity index (χ0) is 20.7. The number of urea groups is 1. The van der Waals surface area contributed by atoms with Gasteiger partial charge < -0.3 is 15.4 Å². The first-order valence-corrected chi connectivity index (χ1v) is 11.0. The number of carbonyl (C=O) groups is 2. The predicted octanol–water partition coefficient (Wildman–Crippen LogP) is 2.43. The Morgan fingerprint density at radius 2 is 1.79 bits per heavy atom. The summed E-state index contributed by atoms with van der Waals surface area (Å²) in [5.74, 6) is -0.167. The summed E-state index contributed by atoms with van der Waals surface area (Å²) in [6.45, 7) is 7.19. The molecule has 0 bridgehead atoms. The molecule has 0 saturated carbocycles. The van der Waals surface area contributed by atoms with Crippen LogP contribution in [-0.2, 0) is 19.6 Å². The molecule has 1 aromatic rings. The van der Waals surface area contributed by atoms with Crippen molar-refractivity contribution in [3.8, 4) is 0 Å². The Morgan fingerprint density at radius 3 is 2.32 bits per heavy atom. The molecule has 0 atom stereocenters. The van der Waals surface area contributed by atoms with Gasteiger partial charge in [-0.05, 0) is 49.9 Å². The molecule has 1 heterocycles. The zero-order valence-electron chi connectivity index (χ0n) is 16.6. The quantitative estimate of drug-likeness (QED) is 0.671. The van der Waals surface area contributed by atoms with Crippen LogP contribution in [0.15, 0.2) is 29.2 Å². The molecule has 2 N–H and O–H groups in total. The number of hydrogen-bond donors (Lipinski definition) is 2. The molecule has 1 aliphatic heterocycles. The summed E-state index contributed by atoms with van der Waals surface area (Å²) in [4.78, 5) is 23.8. The van der Waals surface area contributed by atoms with Crippen LogP contribution in [0.5, 0.6) is 0 Å². The summed E-state index contributed by atoms with van der Waals surface area (Å²) in [5.41, 5.74) is 0.515. The fraction of sp³-hybridized carbons (Fsp3) is 0.579. The Morgan fingerprint density at radius 1 is 1.18 bits per heavy atom. The van der Waals surface area contributed by atoms with Crippen LogP contribution >= 0.6 is 0 Å². The van der Waals surface area contributed by atoms with Crippen LogP contribution in [0.3, 0.4) is 0 Å². The first-order chi connectivity index (χ1) is 13.2. The van der Waals surface area contributed by atoms with Gasteiger partial charge in [-0.2, -0.15) is 4.31 Å². The van der Waals surface area contributed by atoms with Gasteiger partial charge in [0.2, 0.25) is 10.0 Å². The van der Waals surface area contributed by atoms with Gasteiger partial charge in [0.25, 0.3) is 0 Å². The maximum absolute atomic E-state index is 12.8. The van der Waals surface area contributed by atoms with E-state index in [0.717, 1.165) is 0 Å². The van der Waals surface area contributed by atoms with Crippen molar-refractivity contribution in [3.63, 3.8) is 0 Å². The second kappa shape index (κ2) is 9.88. The average molecular weight is 412 g/mol. The van der Waals surface area contributed by atoms with E-state index in [1.54, 1.807) is 19.1 Å². The number of esters is 1. The average Bonchev–Trinajstić information content (AvgIpc) is 2.67. The molecule has 0 aromatic heterocycles. The Bertz CT molecular complexity index is 769. The highest BCUT2D eigenvalue weighted by atomic mass is 32.2. The molecule has 2 amide bonds. The molecule has 0 radical (unpaired) electrons. The van der Waals surface area contributed by atoms with Crippen molar-refractivity contribution in [3.05, 3.63) is 24.3 Å². The molecule has 9 heteroatoms. The van der Waals surface area contributed by atoms with Crippen molar-refractivity contribution in [2.45, 2.75) is 38.5 Å². The van der Waals surface area contributed by atoms with E-state index < -0.39 is 10.0 Å². The van der Waals surface area contributed by atoms with Crippen LogP contribution in [0.4, 0.5) is 10.5 Å². The van der Waals surface area contributed by atoms with E-state index in [4.69, 9.17) is 4.74 Å². The molecule has 1 fully saturated rings. The number of rotatable bonds is 7. The highest BCUT2D eigenvalue weighted by Crippen LogP contribution is 2.25. The smallest absolute Gasteiger partial charge is 0.319 e. The maximum atomic E-state index is 12.8. The lowest BCUT2D eigenvalue weighted by molar-refractivity contribution is -0.149. The van der Waals surface area contributed by atoms with Crippen molar-refractivity contribution in [1.82, 2.24) is 9.62 Å². The normalized spacial score (nSPS) is 16.0. The number of piperidine rings is 1. The largest absolute Gasteiger partial charge is 0.466 e. The van der Waals surface area contributed by atoms with Crippen LogP contribution in [0.25, 0.3) is 0 Å². The van der Waals surface area contributed by atoms with Crippen molar-refractivity contribution in [2.75, 3.05) is 31.6 Å². The van der Waals surface area contributed by atoms with E-state index in [2.05, 4.69) is 10.6 Å². The summed E-state index contributed by atoms with van der Waals surface area (Å²) in [7, 11) is -3.64. The third-order valence-electron chi connectivity index (χ3n) is 4.49. The summed E-state index contributed by atoms with van der Waals surface area (Å²) in [6, 6.07) is 5.75. The molecule has 0 unspecified atom stereocenters. The molecular weight excluding hydrogens is 382 g/mol. The number of amides is 2. The molecule has 1 saturated heterocycles. The summed E-state index contributed by atoms with van der Waals surface area (Å²) < 4.78 is 32.0. The van der Waals surface area contributed by atoms with Gasteiger partial charge in [-0.3, -0.25) is 4.79 Å². The number of hydrogen-bond acceptors (Lipinski definition) is 5. The van der Waals surface area contributed by atoms with Gasteiger partial charge in [-0.25, -0.2) is 13.2 Å². The number of benzene rings is 1.